The zero-order chi connectivity index (χ0) is 18.5. The van der Waals surface area contributed by atoms with E-state index in [9.17, 15) is 14.9 Å². The van der Waals surface area contributed by atoms with Crippen LogP contribution in [0.25, 0.3) is 6.08 Å². The molecule has 1 aliphatic heterocycles. The minimum absolute atomic E-state index is 0.0293. The van der Waals surface area contributed by atoms with Crippen LogP contribution in [0.15, 0.2) is 63.6 Å². The molecule has 2 aromatic rings. The lowest BCUT2D eigenvalue weighted by Gasteiger charge is -1.94. The topological polar surface area (TPSA) is 97.0 Å². The first-order valence-electron chi connectivity index (χ1n) is 7.33. The summed E-state index contributed by atoms with van der Waals surface area (Å²) in [5.41, 5.74) is 1.35. The van der Waals surface area contributed by atoms with Crippen molar-refractivity contribution in [3.8, 4) is 0 Å². The molecule has 26 heavy (non-hydrogen) atoms. The Morgan fingerprint density at radius 2 is 1.92 bits per heavy atom. The molecule has 9 heteroatoms. The first-order valence-corrected chi connectivity index (χ1v) is 8.53. The average Bonchev–Trinajstić information content (AvgIpc) is 2.97. The van der Waals surface area contributed by atoms with Gasteiger partial charge < -0.3 is 0 Å². The summed E-state index contributed by atoms with van der Waals surface area (Å²) in [4.78, 5) is 22.7. The standard InChI is InChI=1S/C17H11ClN4O3S/c18-13-6-4-11(5-7-13)9-15-16(23)20-17(26-15)21-19-10-12-2-1-3-14(8-12)22(24)25/h1-10H,(H,20,21,23)/b15-9-,19-10-. The van der Waals surface area contributed by atoms with E-state index in [4.69, 9.17) is 11.6 Å². The number of nitrogens with one attached hydrogen (secondary N) is 1. The smallest absolute Gasteiger partial charge is 0.270 e. The van der Waals surface area contributed by atoms with Gasteiger partial charge in [-0.05, 0) is 35.5 Å². The second-order valence-corrected chi connectivity index (χ2v) is 6.59. The SMILES string of the molecule is O=C1N/C(=N\N=C/c2cccc([N+](=O)[O-])c2)S/C1=C\c1ccc(Cl)cc1. The Bertz CT molecular complexity index is 955. The second kappa shape index (κ2) is 7.94. The van der Waals surface area contributed by atoms with Crippen molar-refractivity contribution in [2.24, 2.45) is 10.2 Å². The van der Waals surface area contributed by atoms with Crippen LogP contribution >= 0.6 is 23.4 Å². The molecule has 0 unspecified atom stereocenters. The number of amides is 1. The van der Waals surface area contributed by atoms with Crippen molar-refractivity contribution in [1.82, 2.24) is 5.32 Å². The highest BCUT2D eigenvalue weighted by molar-refractivity contribution is 8.18. The predicted molar refractivity (Wildman–Crippen MR) is 103 cm³/mol. The van der Waals surface area contributed by atoms with Gasteiger partial charge in [0.1, 0.15) is 0 Å². The zero-order valence-electron chi connectivity index (χ0n) is 13.1. The van der Waals surface area contributed by atoms with E-state index in [1.54, 1.807) is 42.5 Å². The van der Waals surface area contributed by atoms with Gasteiger partial charge in [0.15, 0.2) is 5.17 Å². The van der Waals surface area contributed by atoms with Gasteiger partial charge in [0.05, 0.1) is 16.0 Å². The molecule has 0 bridgehead atoms. The molecule has 1 amide bonds. The van der Waals surface area contributed by atoms with E-state index in [1.807, 2.05) is 0 Å². The Kier molecular flexibility index (Phi) is 5.45. The number of halogens is 1. The highest BCUT2D eigenvalue weighted by Gasteiger charge is 2.23. The maximum atomic E-state index is 12.0. The van der Waals surface area contributed by atoms with E-state index in [1.165, 1.54) is 18.3 Å². The van der Waals surface area contributed by atoms with Crippen LogP contribution in [0.5, 0.6) is 0 Å². The number of nitro groups is 1. The van der Waals surface area contributed by atoms with Crippen molar-refractivity contribution in [3.05, 3.63) is 79.7 Å². The molecule has 0 spiro atoms. The Hall–Kier alpha value is -2.97. The minimum Gasteiger partial charge on any atom is -0.299 e. The molecule has 0 atom stereocenters. The van der Waals surface area contributed by atoms with Gasteiger partial charge in [-0.1, -0.05) is 35.9 Å². The van der Waals surface area contributed by atoms with Gasteiger partial charge in [-0.3, -0.25) is 20.2 Å². The molecule has 1 saturated heterocycles. The van der Waals surface area contributed by atoms with Crippen molar-refractivity contribution in [3.63, 3.8) is 0 Å². The highest BCUT2D eigenvalue weighted by Crippen LogP contribution is 2.26. The lowest BCUT2D eigenvalue weighted by atomic mass is 10.2. The molecule has 7 nitrogen and oxygen atoms in total. The number of carbonyl (C=O) groups excluding carboxylic acids is 1. The van der Waals surface area contributed by atoms with Crippen LogP contribution in [0.2, 0.25) is 5.02 Å². The lowest BCUT2D eigenvalue weighted by molar-refractivity contribution is -0.384. The van der Waals surface area contributed by atoms with E-state index in [2.05, 4.69) is 15.5 Å². The Labute approximate surface area is 157 Å². The molecule has 1 heterocycles. The Morgan fingerprint density at radius 3 is 2.65 bits per heavy atom. The maximum Gasteiger partial charge on any atom is 0.270 e. The van der Waals surface area contributed by atoms with Crippen LogP contribution in [0.1, 0.15) is 11.1 Å². The summed E-state index contributed by atoms with van der Waals surface area (Å²) in [7, 11) is 0. The fourth-order valence-corrected chi connectivity index (χ4v) is 2.96. The minimum atomic E-state index is -0.482. The first-order chi connectivity index (χ1) is 12.5. The van der Waals surface area contributed by atoms with Crippen molar-refractivity contribution in [2.45, 2.75) is 0 Å². The van der Waals surface area contributed by atoms with Crippen LogP contribution in [0.3, 0.4) is 0 Å². The summed E-state index contributed by atoms with van der Waals surface area (Å²) in [5.74, 6) is -0.269. The fraction of sp³-hybridized carbons (Fsp3) is 0. The third kappa shape index (κ3) is 4.56. The number of amidine groups is 1. The molecule has 2 aromatic carbocycles. The summed E-state index contributed by atoms with van der Waals surface area (Å²) in [6.07, 6.45) is 3.11. The number of hydrogen-bond donors (Lipinski definition) is 1. The van der Waals surface area contributed by atoms with Gasteiger partial charge in [0, 0.05) is 22.7 Å². The molecule has 0 aromatic heterocycles. The maximum absolute atomic E-state index is 12.0. The van der Waals surface area contributed by atoms with Crippen molar-refractivity contribution >= 4 is 52.4 Å². The summed E-state index contributed by atoms with van der Waals surface area (Å²) in [6.45, 7) is 0. The molecule has 0 aliphatic carbocycles. The number of rotatable bonds is 4. The molecular weight excluding hydrogens is 376 g/mol. The summed E-state index contributed by atoms with van der Waals surface area (Å²) < 4.78 is 0. The number of nitrogens with zero attached hydrogens (tertiary/aromatic N) is 3. The zero-order valence-corrected chi connectivity index (χ0v) is 14.7. The molecule has 1 fully saturated rings. The number of nitro benzene ring substituents is 1. The summed E-state index contributed by atoms with van der Waals surface area (Å²) >= 11 is 6.99. The Morgan fingerprint density at radius 1 is 1.15 bits per heavy atom. The summed E-state index contributed by atoms with van der Waals surface area (Å²) in [6, 6.07) is 13.1. The van der Waals surface area contributed by atoms with Crippen LogP contribution in [-0.2, 0) is 4.79 Å². The number of hydrogen-bond acceptors (Lipinski definition) is 6. The molecule has 130 valence electrons. The van der Waals surface area contributed by atoms with E-state index >= 15 is 0 Å². The largest absolute Gasteiger partial charge is 0.299 e. The average molecular weight is 387 g/mol. The molecular formula is C17H11ClN4O3S. The van der Waals surface area contributed by atoms with E-state index in [0.717, 1.165) is 17.3 Å². The monoisotopic (exact) mass is 386 g/mol. The number of carbonyl (C=O) groups is 1. The number of non-ortho nitro benzene ring substituents is 1. The molecule has 1 aliphatic rings. The van der Waals surface area contributed by atoms with Gasteiger partial charge in [-0.2, -0.15) is 5.10 Å². The van der Waals surface area contributed by atoms with E-state index in [0.29, 0.717) is 20.7 Å². The van der Waals surface area contributed by atoms with Gasteiger partial charge in [0.2, 0.25) is 0 Å². The molecule has 3 rings (SSSR count). The predicted octanol–water partition coefficient (Wildman–Crippen LogP) is 3.84. The molecule has 0 radical (unpaired) electrons. The quantitative estimate of drug-likeness (QED) is 0.373. The first kappa shape index (κ1) is 17.8. The highest BCUT2D eigenvalue weighted by atomic mass is 35.5. The number of thioether (sulfide) groups is 1. The van der Waals surface area contributed by atoms with Crippen molar-refractivity contribution < 1.29 is 9.72 Å². The Balaban J connectivity index is 1.71. The normalized spacial score (nSPS) is 17.2. The van der Waals surface area contributed by atoms with Crippen LogP contribution < -0.4 is 5.32 Å². The van der Waals surface area contributed by atoms with Crippen molar-refractivity contribution in [1.29, 1.82) is 0 Å². The van der Waals surface area contributed by atoms with E-state index < -0.39 is 4.92 Å². The molecule has 0 saturated carbocycles. The third-order valence-electron chi connectivity index (χ3n) is 3.26. The third-order valence-corrected chi connectivity index (χ3v) is 4.41. The lowest BCUT2D eigenvalue weighted by Crippen LogP contribution is -2.19. The van der Waals surface area contributed by atoms with Gasteiger partial charge in [0.25, 0.3) is 11.6 Å². The van der Waals surface area contributed by atoms with Crippen molar-refractivity contribution in [2.75, 3.05) is 0 Å². The van der Waals surface area contributed by atoms with Crippen LogP contribution in [-0.4, -0.2) is 22.2 Å². The van der Waals surface area contributed by atoms with Crippen LogP contribution in [0.4, 0.5) is 5.69 Å². The van der Waals surface area contributed by atoms with Crippen LogP contribution in [0, 0.1) is 10.1 Å². The fourth-order valence-electron chi connectivity index (χ4n) is 2.05. The van der Waals surface area contributed by atoms with Gasteiger partial charge in [-0.15, -0.1) is 5.10 Å². The summed E-state index contributed by atoms with van der Waals surface area (Å²) in [5, 5.41) is 22.1. The second-order valence-electron chi connectivity index (χ2n) is 5.12. The molecule has 1 N–H and O–H groups in total. The number of benzene rings is 2. The van der Waals surface area contributed by atoms with Gasteiger partial charge >= 0.3 is 0 Å². The van der Waals surface area contributed by atoms with E-state index in [-0.39, 0.29) is 11.6 Å². The van der Waals surface area contributed by atoms with Gasteiger partial charge in [-0.25, -0.2) is 0 Å².